The molecule has 1 aromatic carbocycles. The SMILES string of the molecule is COc1ccccc1C(CC(=O)Nc1cccc(C)n1)C(C)C. The van der Waals surface area contributed by atoms with Crippen LogP contribution in [0.3, 0.4) is 0 Å². The van der Waals surface area contributed by atoms with Crippen LogP contribution < -0.4 is 10.1 Å². The monoisotopic (exact) mass is 312 g/mol. The summed E-state index contributed by atoms with van der Waals surface area (Å²) in [5, 5.41) is 2.88. The summed E-state index contributed by atoms with van der Waals surface area (Å²) in [5.41, 5.74) is 1.95. The molecule has 0 aliphatic carbocycles. The molecule has 2 rings (SSSR count). The molecule has 23 heavy (non-hydrogen) atoms. The number of ether oxygens (including phenoxy) is 1. The van der Waals surface area contributed by atoms with E-state index in [1.54, 1.807) is 13.2 Å². The fraction of sp³-hybridized carbons (Fsp3) is 0.368. The zero-order valence-corrected chi connectivity index (χ0v) is 14.2. The molecule has 1 atom stereocenters. The molecule has 0 radical (unpaired) electrons. The molecule has 1 aromatic heterocycles. The second kappa shape index (κ2) is 7.77. The van der Waals surface area contributed by atoms with E-state index in [0.29, 0.717) is 18.2 Å². The summed E-state index contributed by atoms with van der Waals surface area (Å²) in [6.45, 7) is 6.14. The van der Waals surface area contributed by atoms with Crippen LogP contribution in [0.2, 0.25) is 0 Å². The van der Waals surface area contributed by atoms with Crippen LogP contribution in [0.25, 0.3) is 0 Å². The molecule has 0 saturated carbocycles. The zero-order valence-electron chi connectivity index (χ0n) is 14.2. The normalized spacial score (nSPS) is 12.0. The van der Waals surface area contributed by atoms with Crippen LogP contribution in [0.15, 0.2) is 42.5 Å². The number of hydrogen-bond acceptors (Lipinski definition) is 3. The highest BCUT2D eigenvalue weighted by molar-refractivity contribution is 5.90. The lowest BCUT2D eigenvalue weighted by Crippen LogP contribution is -2.19. The number of hydrogen-bond donors (Lipinski definition) is 1. The van der Waals surface area contributed by atoms with Gasteiger partial charge >= 0.3 is 0 Å². The Labute approximate surface area is 137 Å². The Morgan fingerprint density at radius 1 is 1.17 bits per heavy atom. The van der Waals surface area contributed by atoms with Gasteiger partial charge in [-0.25, -0.2) is 4.98 Å². The van der Waals surface area contributed by atoms with Crippen molar-refractivity contribution in [1.82, 2.24) is 4.98 Å². The van der Waals surface area contributed by atoms with Gasteiger partial charge in [-0.3, -0.25) is 4.79 Å². The van der Waals surface area contributed by atoms with Crippen LogP contribution in [0.4, 0.5) is 5.82 Å². The first kappa shape index (κ1) is 17.0. The van der Waals surface area contributed by atoms with Crippen molar-refractivity contribution in [2.75, 3.05) is 12.4 Å². The zero-order chi connectivity index (χ0) is 16.8. The summed E-state index contributed by atoms with van der Waals surface area (Å²) in [5.74, 6) is 1.80. The van der Waals surface area contributed by atoms with Gasteiger partial charge in [-0.05, 0) is 42.5 Å². The lowest BCUT2D eigenvalue weighted by atomic mass is 9.85. The molecule has 1 amide bonds. The van der Waals surface area contributed by atoms with Crippen LogP contribution in [0.1, 0.15) is 37.4 Å². The van der Waals surface area contributed by atoms with E-state index >= 15 is 0 Å². The first-order valence-corrected chi connectivity index (χ1v) is 7.87. The minimum Gasteiger partial charge on any atom is -0.496 e. The first-order chi connectivity index (χ1) is 11.0. The standard InChI is InChI=1S/C19H24N2O2/c1-13(2)16(15-9-5-6-10-17(15)23-4)12-19(22)21-18-11-7-8-14(3)20-18/h5-11,13,16H,12H2,1-4H3,(H,20,21,22). The third kappa shape index (κ3) is 4.55. The molecule has 0 bridgehead atoms. The maximum atomic E-state index is 12.4. The highest BCUT2D eigenvalue weighted by Gasteiger charge is 2.22. The van der Waals surface area contributed by atoms with E-state index < -0.39 is 0 Å². The molecular weight excluding hydrogens is 288 g/mol. The van der Waals surface area contributed by atoms with Crippen molar-refractivity contribution in [1.29, 1.82) is 0 Å². The molecule has 0 spiro atoms. The number of carbonyl (C=O) groups is 1. The average Bonchev–Trinajstić information content (AvgIpc) is 2.52. The summed E-state index contributed by atoms with van der Waals surface area (Å²) in [4.78, 5) is 16.7. The predicted octanol–water partition coefficient (Wildman–Crippen LogP) is 4.17. The number of aryl methyl sites for hydroxylation is 1. The number of methoxy groups -OCH3 is 1. The topological polar surface area (TPSA) is 51.2 Å². The Morgan fingerprint density at radius 3 is 2.57 bits per heavy atom. The van der Waals surface area contributed by atoms with Gasteiger partial charge in [-0.2, -0.15) is 0 Å². The molecule has 4 heteroatoms. The number of pyridine rings is 1. The molecule has 0 fully saturated rings. The van der Waals surface area contributed by atoms with Gasteiger partial charge in [0.15, 0.2) is 0 Å². The van der Waals surface area contributed by atoms with Gasteiger partial charge in [-0.1, -0.05) is 38.1 Å². The number of amides is 1. The van der Waals surface area contributed by atoms with Gasteiger partial charge < -0.3 is 10.1 Å². The Balaban J connectivity index is 2.15. The summed E-state index contributed by atoms with van der Waals surface area (Å²) in [6, 6.07) is 13.5. The van der Waals surface area contributed by atoms with E-state index in [-0.39, 0.29) is 11.8 Å². The molecule has 4 nitrogen and oxygen atoms in total. The molecule has 0 saturated heterocycles. The third-order valence-electron chi connectivity index (χ3n) is 3.90. The van der Waals surface area contributed by atoms with Crippen LogP contribution in [0, 0.1) is 12.8 Å². The summed E-state index contributed by atoms with van der Waals surface area (Å²) < 4.78 is 5.45. The van der Waals surface area contributed by atoms with E-state index in [4.69, 9.17) is 4.74 Å². The highest BCUT2D eigenvalue weighted by Crippen LogP contribution is 2.34. The Kier molecular flexibility index (Phi) is 5.74. The lowest BCUT2D eigenvalue weighted by molar-refractivity contribution is -0.116. The number of carbonyl (C=O) groups excluding carboxylic acids is 1. The molecular formula is C19H24N2O2. The quantitative estimate of drug-likeness (QED) is 0.871. The minimum atomic E-state index is -0.0345. The summed E-state index contributed by atoms with van der Waals surface area (Å²) in [6.07, 6.45) is 0.396. The van der Waals surface area contributed by atoms with Crippen molar-refractivity contribution in [3.8, 4) is 5.75 Å². The van der Waals surface area contributed by atoms with Crippen LogP contribution in [0.5, 0.6) is 5.75 Å². The minimum absolute atomic E-state index is 0.0345. The largest absolute Gasteiger partial charge is 0.496 e. The number of benzene rings is 1. The lowest BCUT2D eigenvalue weighted by Gasteiger charge is -2.23. The second-order valence-electron chi connectivity index (χ2n) is 6.01. The Bertz CT molecular complexity index is 668. The highest BCUT2D eigenvalue weighted by atomic mass is 16.5. The van der Waals surface area contributed by atoms with Gasteiger partial charge in [-0.15, -0.1) is 0 Å². The predicted molar refractivity (Wildman–Crippen MR) is 92.8 cm³/mol. The van der Waals surface area contributed by atoms with Crippen molar-refractivity contribution < 1.29 is 9.53 Å². The van der Waals surface area contributed by atoms with Crippen molar-refractivity contribution >= 4 is 11.7 Å². The maximum Gasteiger partial charge on any atom is 0.226 e. The molecule has 0 aliphatic rings. The van der Waals surface area contributed by atoms with Gasteiger partial charge in [0.2, 0.25) is 5.91 Å². The fourth-order valence-corrected chi connectivity index (χ4v) is 2.68. The van der Waals surface area contributed by atoms with Crippen molar-refractivity contribution in [2.45, 2.75) is 33.1 Å². The van der Waals surface area contributed by atoms with Crippen LogP contribution in [-0.2, 0) is 4.79 Å². The van der Waals surface area contributed by atoms with Crippen LogP contribution >= 0.6 is 0 Å². The molecule has 1 unspecified atom stereocenters. The second-order valence-corrected chi connectivity index (χ2v) is 6.01. The maximum absolute atomic E-state index is 12.4. The number of anilines is 1. The van der Waals surface area contributed by atoms with Gasteiger partial charge in [0.05, 0.1) is 7.11 Å². The van der Waals surface area contributed by atoms with Crippen molar-refractivity contribution in [3.05, 3.63) is 53.7 Å². The summed E-state index contributed by atoms with van der Waals surface area (Å²) in [7, 11) is 1.66. The van der Waals surface area contributed by atoms with E-state index in [9.17, 15) is 4.79 Å². The number of rotatable bonds is 6. The fourth-order valence-electron chi connectivity index (χ4n) is 2.68. The number of aromatic nitrogens is 1. The smallest absolute Gasteiger partial charge is 0.226 e. The molecule has 1 heterocycles. The van der Waals surface area contributed by atoms with Gasteiger partial charge in [0.1, 0.15) is 11.6 Å². The molecule has 0 aliphatic heterocycles. The van der Waals surface area contributed by atoms with Crippen molar-refractivity contribution in [2.24, 2.45) is 5.92 Å². The summed E-state index contributed by atoms with van der Waals surface area (Å²) >= 11 is 0. The van der Waals surface area contributed by atoms with Crippen LogP contribution in [-0.4, -0.2) is 18.0 Å². The van der Waals surface area contributed by atoms with Gasteiger partial charge in [0.25, 0.3) is 0 Å². The number of para-hydroxylation sites is 1. The number of nitrogens with one attached hydrogen (secondary N) is 1. The molecule has 2 aromatic rings. The molecule has 122 valence electrons. The van der Waals surface area contributed by atoms with Crippen molar-refractivity contribution in [3.63, 3.8) is 0 Å². The van der Waals surface area contributed by atoms with E-state index in [0.717, 1.165) is 17.0 Å². The molecule has 1 N–H and O–H groups in total. The van der Waals surface area contributed by atoms with Gasteiger partial charge in [0, 0.05) is 12.1 Å². The van der Waals surface area contributed by atoms with E-state index in [1.165, 1.54) is 0 Å². The van der Waals surface area contributed by atoms with E-state index in [1.807, 2.05) is 43.3 Å². The first-order valence-electron chi connectivity index (χ1n) is 7.87. The average molecular weight is 312 g/mol. The number of nitrogens with zero attached hydrogens (tertiary/aromatic N) is 1. The third-order valence-corrected chi connectivity index (χ3v) is 3.90. The Morgan fingerprint density at radius 2 is 1.91 bits per heavy atom. The van der Waals surface area contributed by atoms with E-state index in [2.05, 4.69) is 24.1 Å². The Hall–Kier alpha value is -2.36.